The van der Waals surface area contributed by atoms with E-state index in [2.05, 4.69) is 39.0 Å². The van der Waals surface area contributed by atoms with Crippen molar-refractivity contribution in [3.63, 3.8) is 0 Å². The van der Waals surface area contributed by atoms with Crippen LogP contribution in [0.15, 0.2) is 82.5 Å². The molecule has 3 aliphatic heterocycles. The maximum absolute atomic E-state index is 12.7. The highest BCUT2D eigenvalue weighted by Crippen LogP contribution is 2.46. The first-order chi connectivity index (χ1) is 16.9. The number of benzene rings is 2. The molecule has 9 nitrogen and oxygen atoms in total. The van der Waals surface area contributed by atoms with E-state index in [1.54, 1.807) is 0 Å². The molecule has 6 rings (SSSR count). The molecule has 3 aromatic rings. The summed E-state index contributed by atoms with van der Waals surface area (Å²) in [5.41, 5.74) is 1.17. The highest BCUT2D eigenvalue weighted by Gasteiger charge is 2.60. The van der Waals surface area contributed by atoms with Gasteiger partial charge in [-0.15, -0.1) is 0 Å². The second-order valence-corrected chi connectivity index (χ2v) is 9.54. The first-order valence-electron chi connectivity index (χ1n) is 11.9. The lowest BCUT2D eigenvalue weighted by atomic mass is 10.1. The van der Waals surface area contributed by atoms with Crippen molar-refractivity contribution in [2.24, 2.45) is 0 Å². The number of aromatic amines is 1. The Labute approximate surface area is 202 Å². The molecule has 35 heavy (non-hydrogen) atoms. The lowest BCUT2D eigenvalue weighted by molar-refractivity contribution is -0.199. The monoisotopic (exact) mass is 476 g/mol. The van der Waals surface area contributed by atoms with Gasteiger partial charge in [0.15, 0.2) is 12.0 Å². The van der Waals surface area contributed by atoms with Gasteiger partial charge in [-0.3, -0.25) is 14.3 Å². The van der Waals surface area contributed by atoms with Gasteiger partial charge in [-0.1, -0.05) is 36.4 Å². The standard InChI is InChI=1S/C26H28N4O5/c1-26(2)34-20-21(33-24(22(20)35-26)30-14-13-19(31)27-25(30)32)23-28(17-9-5-3-6-10-17)15-16-29(23)18-11-7-4-8-12-18/h3-14,20-24H,15-16H2,1-2H3,(H,27,31,32)/t20-,21+,22+,24-/m1/s1. The van der Waals surface area contributed by atoms with E-state index in [0.717, 1.165) is 24.5 Å². The van der Waals surface area contributed by atoms with Gasteiger partial charge in [-0.2, -0.15) is 0 Å². The molecule has 0 spiro atoms. The maximum atomic E-state index is 12.7. The molecule has 0 saturated carbocycles. The average Bonchev–Trinajstić information content (AvgIpc) is 3.51. The van der Waals surface area contributed by atoms with Crippen molar-refractivity contribution >= 4 is 11.4 Å². The lowest BCUT2D eigenvalue weighted by Crippen LogP contribution is -2.53. The summed E-state index contributed by atoms with van der Waals surface area (Å²) in [4.78, 5) is 31.3. The van der Waals surface area contributed by atoms with Crippen molar-refractivity contribution in [2.75, 3.05) is 22.9 Å². The van der Waals surface area contributed by atoms with E-state index in [1.807, 2.05) is 50.2 Å². The van der Waals surface area contributed by atoms with Crippen LogP contribution in [0.3, 0.4) is 0 Å². The minimum absolute atomic E-state index is 0.201. The molecule has 0 radical (unpaired) electrons. The molecule has 1 aromatic heterocycles. The van der Waals surface area contributed by atoms with E-state index in [-0.39, 0.29) is 6.17 Å². The summed E-state index contributed by atoms with van der Waals surface area (Å²) in [6.07, 6.45) is -0.865. The van der Waals surface area contributed by atoms with Gasteiger partial charge in [0.1, 0.15) is 24.5 Å². The predicted octanol–water partition coefficient (Wildman–Crippen LogP) is 2.31. The molecule has 1 N–H and O–H groups in total. The number of rotatable bonds is 4. The number of aromatic nitrogens is 2. The van der Waals surface area contributed by atoms with Gasteiger partial charge in [-0.25, -0.2) is 4.79 Å². The largest absolute Gasteiger partial charge is 0.347 e. The minimum Gasteiger partial charge on any atom is -0.347 e. The van der Waals surface area contributed by atoms with Crippen LogP contribution < -0.4 is 21.0 Å². The van der Waals surface area contributed by atoms with E-state index in [0.29, 0.717) is 0 Å². The van der Waals surface area contributed by atoms with Crippen LogP contribution in [0.1, 0.15) is 20.1 Å². The Bertz CT molecular complexity index is 1260. The van der Waals surface area contributed by atoms with Crippen LogP contribution in [0.5, 0.6) is 0 Å². The molecular weight excluding hydrogens is 448 g/mol. The molecule has 0 bridgehead atoms. The number of H-pyrrole nitrogens is 1. The number of para-hydroxylation sites is 2. The molecule has 2 aromatic carbocycles. The molecule has 3 saturated heterocycles. The smallest absolute Gasteiger partial charge is 0.330 e. The third-order valence-corrected chi connectivity index (χ3v) is 6.88. The number of nitrogens with zero attached hydrogens (tertiary/aromatic N) is 3. The van der Waals surface area contributed by atoms with Gasteiger partial charge >= 0.3 is 5.69 Å². The number of nitrogens with one attached hydrogen (secondary N) is 1. The summed E-state index contributed by atoms with van der Waals surface area (Å²) in [5, 5.41) is 0. The van der Waals surface area contributed by atoms with E-state index in [1.165, 1.54) is 16.8 Å². The summed E-state index contributed by atoms with van der Waals surface area (Å²) < 4.78 is 20.7. The summed E-state index contributed by atoms with van der Waals surface area (Å²) in [7, 11) is 0. The van der Waals surface area contributed by atoms with Gasteiger partial charge in [-0.05, 0) is 38.1 Å². The van der Waals surface area contributed by atoms with Gasteiger partial charge < -0.3 is 24.0 Å². The zero-order valence-electron chi connectivity index (χ0n) is 19.6. The highest BCUT2D eigenvalue weighted by atomic mass is 16.8. The van der Waals surface area contributed by atoms with Gasteiger partial charge in [0, 0.05) is 36.7 Å². The van der Waals surface area contributed by atoms with Gasteiger partial charge in [0.25, 0.3) is 5.56 Å². The Hall–Kier alpha value is -3.40. The molecule has 9 heteroatoms. The van der Waals surface area contributed by atoms with Crippen molar-refractivity contribution in [3.05, 3.63) is 93.8 Å². The van der Waals surface area contributed by atoms with Crippen LogP contribution in [0, 0.1) is 0 Å². The molecule has 4 atom stereocenters. The van der Waals surface area contributed by atoms with Crippen LogP contribution >= 0.6 is 0 Å². The predicted molar refractivity (Wildman–Crippen MR) is 130 cm³/mol. The fraction of sp³-hybridized carbons (Fsp3) is 0.385. The molecule has 4 heterocycles. The van der Waals surface area contributed by atoms with Crippen LogP contribution in [0.25, 0.3) is 0 Å². The summed E-state index contributed by atoms with van der Waals surface area (Å²) in [6.45, 7) is 5.34. The molecule has 0 aliphatic carbocycles. The molecular formula is C26H28N4O5. The van der Waals surface area contributed by atoms with E-state index in [4.69, 9.17) is 14.2 Å². The minimum atomic E-state index is -0.838. The average molecular weight is 477 g/mol. The Morgan fingerprint density at radius 3 is 1.94 bits per heavy atom. The van der Waals surface area contributed by atoms with Gasteiger partial charge in [0.2, 0.25) is 0 Å². The van der Waals surface area contributed by atoms with Crippen molar-refractivity contribution in [3.8, 4) is 0 Å². The molecule has 0 amide bonds. The zero-order valence-corrected chi connectivity index (χ0v) is 19.6. The summed E-state index contributed by atoms with van der Waals surface area (Å²) >= 11 is 0. The van der Waals surface area contributed by atoms with E-state index >= 15 is 0 Å². The molecule has 3 aliphatic rings. The van der Waals surface area contributed by atoms with Crippen LogP contribution in [0.2, 0.25) is 0 Å². The lowest BCUT2D eigenvalue weighted by Gasteiger charge is -2.38. The second kappa shape index (κ2) is 8.37. The third-order valence-electron chi connectivity index (χ3n) is 6.88. The van der Waals surface area contributed by atoms with Crippen molar-refractivity contribution in [1.82, 2.24) is 9.55 Å². The van der Waals surface area contributed by atoms with E-state index in [9.17, 15) is 9.59 Å². The van der Waals surface area contributed by atoms with Gasteiger partial charge in [0.05, 0.1) is 0 Å². The Balaban J connectivity index is 1.44. The molecule has 0 unspecified atom stereocenters. The topological polar surface area (TPSA) is 89.0 Å². The Morgan fingerprint density at radius 2 is 1.37 bits per heavy atom. The number of anilines is 2. The quantitative estimate of drug-likeness (QED) is 0.618. The highest BCUT2D eigenvalue weighted by molar-refractivity contribution is 5.57. The molecule has 182 valence electrons. The first-order valence-corrected chi connectivity index (χ1v) is 11.9. The van der Waals surface area contributed by atoms with Crippen LogP contribution in [-0.4, -0.2) is 52.9 Å². The SMILES string of the molecule is CC1(C)O[C@H]2[C@H](O1)[C@H](n1ccc(=O)[nH]c1=O)O[C@@H]2C1N(c2ccccc2)CCN1c1ccccc1. The van der Waals surface area contributed by atoms with Crippen LogP contribution in [-0.2, 0) is 14.2 Å². The van der Waals surface area contributed by atoms with E-state index < -0.39 is 41.6 Å². The van der Waals surface area contributed by atoms with Crippen LogP contribution in [0.4, 0.5) is 11.4 Å². The number of fused-ring (bicyclic) bond motifs is 1. The second-order valence-electron chi connectivity index (χ2n) is 9.54. The summed E-state index contributed by atoms with van der Waals surface area (Å²) in [5.74, 6) is -0.838. The van der Waals surface area contributed by atoms with Crippen molar-refractivity contribution in [1.29, 1.82) is 0 Å². The molecule has 3 fully saturated rings. The zero-order chi connectivity index (χ0) is 24.2. The fourth-order valence-electron chi connectivity index (χ4n) is 5.50. The number of hydrogen-bond acceptors (Lipinski definition) is 7. The van der Waals surface area contributed by atoms with Crippen molar-refractivity contribution < 1.29 is 14.2 Å². The third kappa shape index (κ3) is 3.85. The summed E-state index contributed by atoms with van der Waals surface area (Å²) in [6, 6.07) is 21.8. The number of hydrogen-bond donors (Lipinski definition) is 1. The first kappa shape index (κ1) is 22.1. The Kier molecular flexibility index (Phi) is 5.28. The maximum Gasteiger partial charge on any atom is 0.330 e. The fourth-order valence-corrected chi connectivity index (χ4v) is 5.50. The number of ether oxygens (including phenoxy) is 3. The Morgan fingerprint density at radius 1 is 0.800 bits per heavy atom. The van der Waals surface area contributed by atoms with Crippen molar-refractivity contribution in [2.45, 2.75) is 50.3 Å². The normalized spacial score (nSPS) is 27.9.